The highest BCUT2D eigenvalue weighted by molar-refractivity contribution is 5.85. The predicted octanol–water partition coefficient (Wildman–Crippen LogP) is 3.10. The molecule has 0 aliphatic rings. The van der Waals surface area contributed by atoms with Crippen molar-refractivity contribution in [1.29, 1.82) is 0 Å². The van der Waals surface area contributed by atoms with Gasteiger partial charge in [0.05, 0.1) is 0 Å². The highest BCUT2D eigenvalue weighted by atomic mass is 14.8. The van der Waals surface area contributed by atoms with Gasteiger partial charge in [0, 0.05) is 24.0 Å². The quantitative estimate of drug-likeness (QED) is 0.610. The van der Waals surface area contributed by atoms with Crippen LogP contribution < -0.4 is 0 Å². The molecule has 0 bridgehead atoms. The van der Waals surface area contributed by atoms with Crippen LogP contribution in [-0.4, -0.2) is 9.97 Å². The summed E-state index contributed by atoms with van der Waals surface area (Å²) in [6, 6.07) is 17.3. The molecule has 3 aromatic rings. The van der Waals surface area contributed by atoms with Crippen molar-refractivity contribution in [1.82, 2.24) is 9.97 Å². The normalized spacial score (nSPS) is 10.5. The summed E-state index contributed by atoms with van der Waals surface area (Å²) in [5.41, 5.74) is 0.930. The molecule has 2 heteroatoms. The Morgan fingerprint density at radius 3 is 2.50 bits per heavy atom. The van der Waals surface area contributed by atoms with Crippen LogP contribution in [0.4, 0.5) is 0 Å². The minimum Gasteiger partial charge on any atom is -0.237 e. The Morgan fingerprint density at radius 2 is 1.62 bits per heavy atom. The third-order valence-electron chi connectivity index (χ3n) is 2.47. The minimum atomic E-state index is 0.716. The maximum absolute atomic E-state index is 4.21. The average molecular weight is 205 g/mol. The van der Waals surface area contributed by atoms with Gasteiger partial charge >= 0.3 is 0 Å². The summed E-state index contributed by atoms with van der Waals surface area (Å²) in [6.45, 7) is 0. The third-order valence-corrected chi connectivity index (χ3v) is 2.47. The molecule has 1 heterocycles. The molecule has 0 atom stereocenters. The van der Waals surface area contributed by atoms with Crippen LogP contribution in [0.2, 0.25) is 0 Å². The second-order valence-corrected chi connectivity index (χ2v) is 3.53. The van der Waals surface area contributed by atoms with E-state index in [0.29, 0.717) is 5.82 Å². The number of benzene rings is 2. The zero-order valence-electron chi connectivity index (χ0n) is 8.59. The second kappa shape index (κ2) is 3.74. The Hall–Kier alpha value is -2.22. The fraction of sp³-hybridized carbons (Fsp3) is 0. The van der Waals surface area contributed by atoms with Crippen LogP contribution in [0, 0.1) is 6.07 Å². The zero-order chi connectivity index (χ0) is 10.8. The lowest BCUT2D eigenvalue weighted by molar-refractivity contribution is 1.18. The van der Waals surface area contributed by atoms with E-state index in [-0.39, 0.29) is 0 Å². The van der Waals surface area contributed by atoms with Gasteiger partial charge in [0.15, 0.2) is 5.82 Å². The van der Waals surface area contributed by atoms with Crippen molar-refractivity contribution in [3.8, 4) is 11.4 Å². The Kier molecular flexibility index (Phi) is 2.11. The van der Waals surface area contributed by atoms with Crippen LogP contribution in [0.25, 0.3) is 22.2 Å². The lowest BCUT2D eigenvalue weighted by atomic mass is 10.1. The molecule has 0 aliphatic heterocycles. The van der Waals surface area contributed by atoms with E-state index in [1.54, 1.807) is 12.4 Å². The van der Waals surface area contributed by atoms with E-state index in [1.807, 2.05) is 30.3 Å². The summed E-state index contributed by atoms with van der Waals surface area (Å²) in [4.78, 5) is 8.43. The standard InChI is InChI=1S/C14H9N2/c1-2-5-12-10-13(7-6-11(12)4-1)14-15-8-3-9-16-14/h1-9H. The van der Waals surface area contributed by atoms with Gasteiger partial charge in [-0.1, -0.05) is 30.3 Å². The van der Waals surface area contributed by atoms with Gasteiger partial charge in [-0.3, -0.25) is 0 Å². The molecule has 1 aromatic heterocycles. The van der Waals surface area contributed by atoms with Crippen LogP contribution in [0.3, 0.4) is 0 Å². The molecule has 3 rings (SSSR count). The molecule has 0 N–H and O–H groups in total. The lowest BCUT2D eigenvalue weighted by Crippen LogP contribution is -1.86. The Bertz CT molecular complexity index is 618. The van der Waals surface area contributed by atoms with Crippen LogP contribution in [0.15, 0.2) is 54.9 Å². The molecule has 75 valence electrons. The minimum absolute atomic E-state index is 0.716. The largest absolute Gasteiger partial charge is 0.237 e. The molecule has 0 saturated carbocycles. The van der Waals surface area contributed by atoms with Gasteiger partial charge in [-0.15, -0.1) is 0 Å². The molecule has 16 heavy (non-hydrogen) atoms. The second-order valence-electron chi connectivity index (χ2n) is 3.53. The van der Waals surface area contributed by atoms with Crippen molar-refractivity contribution in [2.45, 2.75) is 0 Å². The first-order chi connectivity index (χ1) is 7.93. The Balaban J connectivity index is 2.19. The number of nitrogens with zero attached hydrogens (tertiary/aromatic N) is 2. The Morgan fingerprint density at radius 1 is 0.812 bits per heavy atom. The number of hydrogen-bond donors (Lipinski definition) is 0. The molecule has 0 unspecified atom stereocenters. The van der Waals surface area contributed by atoms with E-state index in [1.165, 1.54) is 5.39 Å². The molecule has 1 radical (unpaired) electrons. The maximum atomic E-state index is 4.21. The summed E-state index contributed by atoms with van der Waals surface area (Å²) in [5, 5.41) is 2.27. The molecule has 0 amide bonds. The summed E-state index contributed by atoms with van der Waals surface area (Å²) in [7, 11) is 0. The van der Waals surface area contributed by atoms with Crippen molar-refractivity contribution in [2.24, 2.45) is 0 Å². The molecule has 0 aliphatic carbocycles. The predicted molar refractivity (Wildman–Crippen MR) is 63.8 cm³/mol. The molecular formula is C14H9N2. The maximum Gasteiger partial charge on any atom is 0.159 e. The SMILES string of the molecule is [c]1c(-c2ncccn2)ccc2ccccc12. The smallest absolute Gasteiger partial charge is 0.159 e. The van der Waals surface area contributed by atoms with Gasteiger partial charge in [-0.25, -0.2) is 9.97 Å². The van der Waals surface area contributed by atoms with Crippen molar-refractivity contribution in [3.05, 3.63) is 60.9 Å². The zero-order valence-corrected chi connectivity index (χ0v) is 8.59. The topological polar surface area (TPSA) is 25.8 Å². The van der Waals surface area contributed by atoms with E-state index in [0.717, 1.165) is 10.9 Å². The van der Waals surface area contributed by atoms with Crippen molar-refractivity contribution >= 4 is 10.8 Å². The first-order valence-electron chi connectivity index (χ1n) is 5.12. The summed E-state index contributed by atoms with van der Waals surface area (Å²) >= 11 is 0. The summed E-state index contributed by atoms with van der Waals surface area (Å²) in [5.74, 6) is 0.716. The molecule has 0 fully saturated rings. The van der Waals surface area contributed by atoms with E-state index in [9.17, 15) is 0 Å². The van der Waals surface area contributed by atoms with E-state index >= 15 is 0 Å². The number of fused-ring (bicyclic) bond motifs is 1. The van der Waals surface area contributed by atoms with Gasteiger partial charge in [-0.2, -0.15) is 0 Å². The first-order valence-corrected chi connectivity index (χ1v) is 5.12. The molecular weight excluding hydrogens is 196 g/mol. The van der Waals surface area contributed by atoms with Crippen molar-refractivity contribution < 1.29 is 0 Å². The van der Waals surface area contributed by atoms with Crippen LogP contribution in [-0.2, 0) is 0 Å². The number of aromatic nitrogens is 2. The van der Waals surface area contributed by atoms with Crippen LogP contribution >= 0.6 is 0 Å². The fourth-order valence-corrected chi connectivity index (χ4v) is 1.68. The van der Waals surface area contributed by atoms with E-state index in [2.05, 4.69) is 28.2 Å². The van der Waals surface area contributed by atoms with Crippen LogP contribution in [0.5, 0.6) is 0 Å². The van der Waals surface area contributed by atoms with Crippen molar-refractivity contribution in [2.75, 3.05) is 0 Å². The number of hydrogen-bond acceptors (Lipinski definition) is 2. The molecule has 0 spiro atoms. The van der Waals surface area contributed by atoms with Gasteiger partial charge in [0.25, 0.3) is 0 Å². The third kappa shape index (κ3) is 1.54. The first kappa shape index (κ1) is 9.04. The fourth-order valence-electron chi connectivity index (χ4n) is 1.68. The van der Waals surface area contributed by atoms with Gasteiger partial charge in [0.2, 0.25) is 0 Å². The highest BCUT2D eigenvalue weighted by Crippen LogP contribution is 2.20. The summed E-state index contributed by atoms with van der Waals surface area (Å²) in [6.07, 6.45) is 3.48. The van der Waals surface area contributed by atoms with E-state index in [4.69, 9.17) is 0 Å². The summed E-state index contributed by atoms with van der Waals surface area (Å²) < 4.78 is 0. The van der Waals surface area contributed by atoms with Crippen molar-refractivity contribution in [3.63, 3.8) is 0 Å². The number of rotatable bonds is 1. The molecule has 2 aromatic carbocycles. The van der Waals surface area contributed by atoms with Gasteiger partial charge < -0.3 is 0 Å². The van der Waals surface area contributed by atoms with Gasteiger partial charge in [0.1, 0.15) is 0 Å². The molecule has 0 saturated heterocycles. The van der Waals surface area contributed by atoms with E-state index < -0.39 is 0 Å². The molecule has 2 nitrogen and oxygen atoms in total. The Labute approximate surface area is 93.6 Å². The average Bonchev–Trinajstić information content (AvgIpc) is 2.39. The van der Waals surface area contributed by atoms with Gasteiger partial charge in [-0.05, 0) is 22.9 Å². The van der Waals surface area contributed by atoms with Crippen LogP contribution in [0.1, 0.15) is 0 Å². The highest BCUT2D eigenvalue weighted by Gasteiger charge is 2.01. The monoisotopic (exact) mass is 205 g/mol. The lowest BCUT2D eigenvalue weighted by Gasteiger charge is -2.01.